The van der Waals surface area contributed by atoms with E-state index in [9.17, 15) is 9.18 Å². The van der Waals surface area contributed by atoms with Crippen molar-refractivity contribution in [2.24, 2.45) is 0 Å². The number of halogens is 3. The van der Waals surface area contributed by atoms with Crippen molar-refractivity contribution in [1.29, 1.82) is 0 Å². The minimum absolute atomic E-state index is 0.141. The van der Waals surface area contributed by atoms with Crippen LogP contribution in [0.1, 0.15) is 10.4 Å². The minimum Gasteiger partial charge on any atom is -0.361 e. The van der Waals surface area contributed by atoms with E-state index in [1.165, 1.54) is 12.1 Å². The molecule has 0 aliphatic heterocycles. The maximum atomic E-state index is 13.3. The molecule has 21 heavy (non-hydrogen) atoms. The van der Waals surface area contributed by atoms with Gasteiger partial charge in [0.1, 0.15) is 0 Å². The summed E-state index contributed by atoms with van der Waals surface area (Å²) in [5.74, 6) is -1.03. The van der Waals surface area contributed by atoms with Crippen molar-refractivity contribution in [3.63, 3.8) is 0 Å². The molecule has 3 nitrogen and oxygen atoms in total. The van der Waals surface area contributed by atoms with Crippen molar-refractivity contribution in [2.75, 3.05) is 5.32 Å². The molecule has 0 aliphatic carbocycles. The van der Waals surface area contributed by atoms with Crippen molar-refractivity contribution < 1.29 is 9.18 Å². The van der Waals surface area contributed by atoms with E-state index in [-0.39, 0.29) is 16.0 Å². The zero-order chi connectivity index (χ0) is 15.0. The number of nitrogens with one attached hydrogen (secondary N) is 2. The molecule has 0 saturated heterocycles. The van der Waals surface area contributed by atoms with E-state index in [1.807, 2.05) is 12.1 Å². The molecule has 106 valence electrons. The number of hydrogen-bond donors (Lipinski definition) is 2. The highest BCUT2D eigenvalue weighted by molar-refractivity contribution is 6.35. The van der Waals surface area contributed by atoms with Crippen LogP contribution in [0.25, 0.3) is 10.9 Å². The summed E-state index contributed by atoms with van der Waals surface area (Å²) in [6.45, 7) is 0. The Morgan fingerprint density at radius 1 is 1.10 bits per heavy atom. The smallest absolute Gasteiger partial charge is 0.255 e. The molecule has 6 heteroatoms. The van der Waals surface area contributed by atoms with E-state index in [0.717, 1.165) is 10.9 Å². The van der Waals surface area contributed by atoms with Gasteiger partial charge in [-0.25, -0.2) is 4.39 Å². The predicted molar refractivity (Wildman–Crippen MR) is 82.7 cm³/mol. The first-order valence-corrected chi connectivity index (χ1v) is 6.83. The summed E-state index contributed by atoms with van der Waals surface area (Å²) in [7, 11) is 0. The van der Waals surface area contributed by atoms with Crippen LogP contribution in [-0.2, 0) is 0 Å². The molecule has 2 aromatic carbocycles. The maximum absolute atomic E-state index is 13.3. The van der Waals surface area contributed by atoms with Gasteiger partial charge in [-0.2, -0.15) is 0 Å². The van der Waals surface area contributed by atoms with E-state index >= 15 is 0 Å². The predicted octanol–water partition coefficient (Wildman–Crippen LogP) is 4.87. The van der Waals surface area contributed by atoms with E-state index in [2.05, 4.69) is 10.3 Å². The number of anilines is 1. The standard InChI is InChI=1S/C15H9Cl2FN2O/c16-11-6-10(7-12(17)14(11)18)20-15(21)9-2-1-8-3-4-19-13(8)5-9/h1-7,19H,(H,20,21). The number of H-pyrrole nitrogens is 1. The highest BCUT2D eigenvalue weighted by Gasteiger charge is 2.11. The number of aromatic amines is 1. The molecule has 0 unspecified atom stereocenters. The second-order valence-corrected chi connectivity index (χ2v) is 5.30. The number of rotatable bonds is 2. The van der Waals surface area contributed by atoms with Crippen molar-refractivity contribution in [3.8, 4) is 0 Å². The lowest BCUT2D eigenvalue weighted by Gasteiger charge is -2.07. The van der Waals surface area contributed by atoms with Crippen molar-refractivity contribution in [1.82, 2.24) is 4.98 Å². The Morgan fingerprint density at radius 3 is 2.52 bits per heavy atom. The Kier molecular flexibility index (Phi) is 3.57. The van der Waals surface area contributed by atoms with Crippen LogP contribution in [0.4, 0.5) is 10.1 Å². The first-order valence-electron chi connectivity index (χ1n) is 6.07. The molecule has 1 amide bonds. The van der Waals surface area contributed by atoms with Gasteiger partial charge < -0.3 is 10.3 Å². The molecule has 0 fully saturated rings. The van der Waals surface area contributed by atoms with Gasteiger partial charge in [-0.3, -0.25) is 4.79 Å². The topological polar surface area (TPSA) is 44.9 Å². The molecule has 0 bridgehead atoms. The summed E-state index contributed by atoms with van der Waals surface area (Å²) >= 11 is 11.4. The molecular weight excluding hydrogens is 314 g/mol. The summed E-state index contributed by atoms with van der Waals surface area (Å²) in [4.78, 5) is 15.2. The molecule has 0 atom stereocenters. The summed E-state index contributed by atoms with van der Waals surface area (Å²) in [5, 5.41) is 3.37. The van der Waals surface area contributed by atoms with Crippen LogP contribution >= 0.6 is 23.2 Å². The van der Waals surface area contributed by atoms with Crippen molar-refractivity contribution >= 4 is 45.7 Å². The SMILES string of the molecule is O=C(Nc1cc(Cl)c(F)c(Cl)c1)c1ccc2cc[nH]c2c1. The number of amides is 1. The number of carbonyl (C=O) groups excluding carboxylic acids is 1. The van der Waals surface area contributed by atoms with Gasteiger partial charge in [-0.05, 0) is 35.7 Å². The molecule has 0 saturated carbocycles. The highest BCUT2D eigenvalue weighted by atomic mass is 35.5. The minimum atomic E-state index is -0.705. The molecule has 3 rings (SSSR count). The number of aromatic nitrogens is 1. The van der Waals surface area contributed by atoms with E-state index in [1.54, 1.807) is 18.3 Å². The van der Waals surface area contributed by atoms with Gasteiger partial charge in [0.15, 0.2) is 5.82 Å². The Labute approximate surface area is 129 Å². The Morgan fingerprint density at radius 2 is 1.81 bits per heavy atom. The third kappa shape index (κ3) is 2.73. The lowest BCUT2D eigenvalue weighted by molar-refractivity contribution is 0.102. The number of carbonyl (C=O) groups is 1. The largest absolute Gasteiger partial charge is 0.361 e. The number of hydrogen-bond acceptors (Lipinski definition) is 1. The Hall–Kier alpha value is -2.04. The van der Waals surface area contributed by atoms with Gasteiger partial charge in [0.2, 0.25) is 0 Å². The third-order valence-corrected chi connectivity index (χ3v) is 3.61. The highest BCUT2D eigenvalue weighted by Crippen LogP contribution is 2.27. The quantitative estimate of drug-likeness (QED) is 0.650. The molecule has 3 aromatic rings. The van der Waals surface area contributed by atoms with Crippen molar-refractivity contribution in [3.05, 3.63) is 64.0 Å². The summed E-state index contributed by atoms with van der Waals surface area (Å²) in [6, 6.07) is 9.82. The normalized spacial score (nSPS) is 10.8. The van der Waals surface area contributed by atoms with Gasteiger partial charge in [0.25, 0.3) is 5.91 Å². The monoisotopic (exact) mass is 322 g/mol. The first kappa shape index (κ1) is 13.9. The van der Waals surface area contributed by atoms with E-state index in [4.69, 9.17) is 23.2 Å². The third-order valence-electron chi connectivity index (χ3n) is 3.06. The summed E-state index contributed by atoms with van der Waals surface area (Å²) in [6.07, 6.45) is 1.80. The van der Waals surface area contributed by atoms with Gasteiger partial charge in [0.05, 0.1) is 10.0 Å². The molecule has 0 spiro atoms. The summed E-state index contributed by atoms with van der Waals surface area (Å²) in [5.41, 5.74) is 1.67. The average molecular weight is 323 g/mol. The van der Waals surface area contributed by atoms with Gasteiger partial charge in [0, 0.05) is 23.0 Å². The average Bonchev–Trinajstić information content (AvgIpc) is 2.91. The van der Waals surface area contributed by atoms with E-state index in [0.29, 0.717) is 11.3 Å². The lowest BCUT2D eigenvalue weighted by Crippen LogP contribution is -2.11. The maximum Gasteiger partial charge on any atom is 0.255 e. The number of benzene rings is 2. The lowest BCUT2D eigenvalue weighted by atomic mass is 10.1. The van der Waals surface area contributed by atoms with Crippen LogP contribution in [0.2, 0.25) is 10.0 Å². The van der Waals surface area contributed by atoms with E-state index < -0.39 is 5.82 Å². The zero-order valence-corrected chi connectivity index (χ0v) is 12.1. The van der Waals surface area contributed by atoms with Crippen LogP contribution in [-0.4, -0.2) is 10.9 Å². The fourth-order valence-corrected chi connectivity index (χ4v) is 2.51. The first-order chi connectivity index (χ1) is 10.0. The molecule has 0 radical (unpaired) electrons. The Balaban J connectivity index is 1.88. The van der Waals surface area contributed by atoms with Crippen LogP contribution in [0, 0.1) is 5.82 Å². The van der Waals surface area contributed by atoms with Gasteiger partial charge in [-0.1, -0.05) is 29.3 Å². The molecular formula is C15H9Cl2FN2O. The summed E-state index contributed by atoms with van der Waals surface area (Å²) < 4.78 is 13.3. The van der Waals surface area contributed by atoms with Crippen molar-refractivity contribution in [2.45, 2.75) is 0 Å². The second kappa shape index (κ2) is 5.39. The fraction of sp³-hybridized carbons (Fsp3) is 0. The van der Waals surface area contributed by atoms with Crippen LogP contribution in [0.3, 0.4) is 0 Å². The van der Waals surface area contributed by atoms with Crippen LogP contribution < -0.4 is 5.32 Å². The fourth-order valence-electron chi connectivity index (χ4n) is 2.02. The second-order valence-electron chi connectivity index (χ2n) is 4.49. The molecule has 0 aliphatic rings. The Bertz CT molecular complexity index is 822. The van der Waals surface area contributed by atoms with Crippen LogP contribution in [0.15, 0.2) is 42.6 Å². The molecule has 2 N–H and O–H groups in total. The van der Waals surface area contributed by atoms with Crippen LogP contribution in [0.5, 0.6) is 0 Å². The molecule has 1 heterocycles. The number of fused-ring (bicyclic) bond motifs is 1. The molecule has 1 aromatic heterocycles. The zero-order valence-electron chi connectivity index (χ0n) is 10.6. The van der Waals surface area contributed by atoms with Gasteiger partial charge >= 0.3 is 0 Å². The van der Waals surface area contributed by atoms with Gasteiger partial charge in [-0.15, -0.1) is 0 Å².